The minimum Gasteiger partial charge on any atom is -0.492 e. The van der Waals surface area contributed by atoms with Crippen molar-refractivity contribution in [3.63, 3.8) is 0 Å². The summed E-state index contributed by atoms with van der Waals surface area (Å²) >= 11 is 0. The second-order valence-corrected chi connectivity index (χ2v) is 4.91. The molecular weight excluding hydrogens is 244 g/mol. The van der Waals surface area contributed by atoms with Gasteiger partial charge in [-0.3, -0.25) is 4.79 Å². The van der Waals surface area contributed by atoms with Gasteiger partial charge in [-0.05, 0) is 6.07 Å². The Morgan fingerprint density at radius 1 is 1.42 bits per heavy atom. The van der Waals surface area contributed by atoms with E-state index in [1.807, 2.05) is 29.2 Å². The monoisotopic (exact) mass is 262 g/mol. The Morgan fingerprint density at radius 2 is 2.26 bits per heavy atom. The Balaban J connectivity index is 1.75. The third kappa shape index (κ3) is 2.31. The Morgan fingerprint density at radius 3 is 3.11 bits per heavy atom. The van der Waals surface area contributed by atoms with E-state index in [-0.39, 0.29) is 17.9 Å². The van der Waals surface area contributed by atoms with E-state index in [0.29, 0.717) is 32.8 Å². The fraction of sp³-hybridized carbons (Fsp3) is 0.500. The number of carbonyl (C=O) groups excluding carboxylic acids is 1. The lowest BCUT2D eigenvalue weighted by molar-refractivity contribution is -0.140. The number of nitrogens with two attached hydrogens (primary N) is 1. The molecule has 2 aliphatic rings. The lowest BCUT2D eigenvalue weighted by Crippen LogP contribution is -2.49. The van der Waals surface area contributed by atoms with E-state index in [4.69, 9.17) is 15.2 Å². The number of amides is 1. The van der Waals surface area contributed by atoms with Gasteiger partial charge in [-0.15, -0.1) is 0 Å². The number of para-hydroxylation sites is 1. The quantitative estimate of drug-likeness (QED) is 0.835. The van der Waals surface area contributed by atoms with E-state index in [1.54, 1.807) is 0 Å². The van der Waals surface area contributed by atoms with Crippen molar-refractivity contribution >= 4 is 5.91 Å². The van der Waals surface area contributed by atoms with Gasteiger partial charge in [0.25, 0.3) is 0 Å². The number of morpholine rings is 1. The highest BCUT2D eigenvalue weighted by atomic mass is 16.5. The number of hydrogen-bond donors (Lipinski definition) is 1. The van der Waals surface area contributed by atoms with Gasteiger partial charge in [0.2, 0.25) is 5.91 Å². The third-order valence-electron chi connectivity index (χ3n) is 3.71. The standard InChI is InChI=1S/C14H18N2O3/c15-7-10-8-16(5-6-18-10)14(17)12-9-19-13-4-2-1-3-11(12)13/h1-4,10,12H,5-9,15H2/t10-,12-/m0/s1. The van der Waals surface area contributed by atoms with Crippen molar-refractivity contribution in [2.75, 3.05) is 32.8 Å². The van der Waals surface area contributed by atoms with Crippen LogP contribution in [0.3, 0.4) is 0 Å². The first-order chi connectivity index (χ1) is 9.29. The van der Waals surface area contributed by atoms with Crippen LogP contribution in [0, 0.1) is 0 Å². The maximum absolute atomic E-state index is 12.6. The van der Waals surface area contributed by atoms with Crippen molar-refractivity contribution in [3.05, 3.63) is 29.8 Å². The van der Waals surface area contributed by atoms with Crippen LogP contribution >= 0.6 is 0 Å². The summed E-state index contributed by atoms with van der Waals surface area (Å²) in [4.78, 5) is 14.4. The molecule has 19 heavy (non-hydrogen) atoms. The van der Waals surface area contributed by atoms with Crippen LogP contribution in [0.1, 0.15) is 11.5 Å². The summed E-state index contributed by atoms with van der Waals surface area (Å²) in [7, 11) is 0. The lowest BCUT2D eigenvalue weighted by atomic mass is 9.99. The molecule has 0 spiro atoms. The molecule has 0 aliphatic carbocycles. The molecular formula is C14H18N2O3. The molecule has 2 heterocycles. The molecule has 0 unspecified atom stereocenters. The van der Waals surface area contributed by atoms with Gasteiger partial charge in [-0.25, -0.2) is 0 Å². The maximum atomic E-state index is 12.6. The van der Waals surface area contributed by atoms with Gasteiger partial charge in [-0.1, -0.05) is 18.2 Å². The number of hydrogen-bond acceptors (Lipinski definition) is 4. The zero-order valence-electron chi connectivity index (χ0n) is 10.7. The third-order valence-corrected chi connectivity index (χ3v) is 3.71. The normalized spacial score (nSPS) is 25.8. The highest BCUT2D eigenvalue weighted by Gasteiger charge is 2.35. The van der Waals surface area contributed by atoms with Crippen LogP contribution in [-0.2, 0) is 9.53 Å². The molecule has 2 atom stereocenters. The summed E-state index contributed by atoms with van der Waals surface area (Å²) in [6, 6.07) is 7.73. The SMILES string of the molecule is NC[C@H]1CN(C(=O)[C@H]2COc3ccccc32)CCO1. The lowest BCUT2D eigenvalue weighted by Gasteiger charge is -2.33. The van der Waals surface area contributed by atoms with Crippen LogP contribution in [0.5, 0.6) is 5.75 Å². The van der Waals surface area contributed by atoms with Crippen molar-refractivity contribution in [2.45, 2.75) is 12.0 Å². The maximum Gasteiger partial charge on any atom is 0.233 e. The minimum absolute atomic E-state index is 0.0461. The Bertz CT molecular complexity index is 478. The van der Waals surface area contributed by atoms with E-state index in [2.05, 4.69) is 0 Å². The molecule has 1 saturated heterocycles. The first-order valence-corrected chi connectivity index (χ1v) is 6.62. The number of nitrogens with zero attached hydrogens (tertiary/aromatic N) is 1. The molecule has 3 rings (SSSR count). The van der Waals surface area contributed by atoms with Crippen LogP contribution in [0.15, 0.2) is 24.3 Å². The second-order valence-electron chi connectivity index (χ2n) is 4.91. The predicted molar refractivity (Wildman–Crippen MR) is 70.1 cm³/mol. The van der Waals surface area contributed by atoms with E-state index >= 15 is 0 Å². The fourth-order valence-corrected chi connectivity index (χ4v) is 2.65. The molecule has 1 aromatic rings. The average Bonchev–Trinajstić information content (AvgIpc) is 2.90. The smallest absolute Gasteiger partial charge is 0.233 e. The van der Waals surface area contributed by atoms with Crippen molar-refractivity contribution in [3.8, 4) is 5.75 Å². The molecule has 1 amide bonds. The Kier molecular flexibility index (Phi) is 3.40. The van der Waals surface area contributed by atoms with Gasteiger partial charge in [0.15, 0.2) is 0 Å². The molecule has 5 nitrogen and oxygen atoms in total. The van der Waals surface area contributed by atoms with Gasteiger partial charge in [0, 0.05) is 25.2 Å². The molecule has 0 aromatic heterocycles. The van der Waals surface area contributed by atoms with Crippen molar-refractivity contribution < 1.29 is 14.3 Å². The Hall–Kier alpha value is -1.59. The van der Waals surface area contributed by atoms with E-state index in [0.717, 1.165) is 11.3 Å². The predicted octanol–water partition coefficient (Wildman–Crippen LogP) is 0.349. The summed E-state index contributed by atoms with van der Waals surface area (Å²) in [5.74, 6) is 0.754. The van der Waals surface area contributed by atoms with Gasteiger partial charge >= 0.3 is 0 Å². The summed E-state index contributed by atoms with van der Waals surface area (Å²) < 4.78 is 11.1. The second kappa shape index (κ2) is 5.19. The molecule has 0 bridgehead atoms. The van der Waals surface area contributed by atoms with Gasteiger partial charge in [-0.2, -0.15) is 0 Å². The van der Waals surface area contributed by atoms with E-state index < -0.39 is 0 Å². The fourth-order valence-electron chi connectivity index (χ4n) is 2.65. The number of benzene rings is 1. The average molecular weight is 262 g/mol. The summed E-state index contributed by atoms with van der Waals surface area (Å²) in [6.07, 6.45) is -0.0461. The van der Waals surface area contributed by atoms with Crippen LogP contribution in [-0.4, -0.2) is 49.8 Å². The number of ether oxygens (including phenoxy) is 2. The molecule has 2 N–H and O–H groups in total. The molecule has 2 aliphatic heterocycles. The highest BCUT2D eigenvalue weighted by Crippen LogP contribution is 2.34. The van der Waals surface area contributed by atoms with Gasteiger partial charge < -0.3 is 20.1 Å². The summed E-state index contributed by atoms with van der Waals surface area (Å²) in [5, 5.41) is 0. The van der Waals surface area contributed by atoms with Crippen LogP contribution in [0.25, 0.3) is 0 Å². The van der Waals surface area contributed by atoms with Crippen molar-refractivity contribution in [1.82, 2.24) is 4.90 Å². The van der Waals surface area contributed by atoms with E-state index in [9.17, 15) is 4.79 Å². The zero-order valence-corrected chi connectivity index (χ0v) is 10.7. The molecule has 0 radical (unpaired) electrons. The summed E-state index contributed by atoms with van der Waals surface area (Å²) in [6.45, 7) is 2.65. The summed E-state index contributed by atoms with van der Waals surface area (Å²) in [5.41, 5.74) is 6.60. The number of rotatable bonds is 2. The van der Waals surface area contributed by atoms with Crippen molar-refractivity contribution in [2.24, 2.45) is 5.73 Å². The highest BCUT2D eigenvalue weighted by molar-refractivity contribution is 5.85. The molecule has 5 heteroatoms. The van der Waals surface area contributed by atoms with Gasteiger partial charge in [0.05, 0.1) is 12.7 Å². The van der Waals surface area contributed by atoms with Gasteiger partial charge in [0.1, 0.15) is 18.3 Å². The first-order valence-electron chi connectivity index (χ1n) is 6.62. The largest absolute Gasteiger partial charge is 0.492 e. The number of carbonyl (C=O) groups is 1. The van der Waals surface area contributed by atoms with Crippen molar-refractivity contribution in [1.29, 1.82) is 0 Å². The molecule has 1 fully saturated rings. The first kappa shape index (κ1) is 12.4. The minimum atomic E-state index is -0.187. The number of fused-ring (bicyclic) bond motifs is 1. The zero-order chi connectivity index (χ0) is 13.2. The molecule has 1 aromatic carbocycles. The Labute approximate surface area is 112 Å². The molecule has 0 saturated carbocycles. The van der Waals surface area contributed by atoms with Crippen LogP contribution in [0.2, 0.25) is 0 Å². The van der Waals surface area contributed by atoms with Crippen LogP contribution in [0.4, 0.5) is 0 Å². The molecule has 102 valence electrons. The van der Waals surface area contributed by atoms with Crippen LogP contribution < -0.4 is 10.5 Å². The topological polar surface area (TPSA) is 64.8 Å². The van der Waals surface area contributed by atoms with E-state index in [1.165, 1.54) is 0 Å².